The molecule has 0 saturated carbocycles. The average molecular weight is 430 g/mol. The molecule has 0 aliphatic heterocycles. The Balaban J connectivity index is 2.20. The van der Waals surface area contributed by atoms with Crippen molar-refractivity contribution >= 4 is 23.5 Å². The molecule has 32 heavy (non-hydrogen) atoms. The summed E-state index contributed by atoms with van der Waals surface area (Å²) in [6, 6.07) is 12.4. The van der Waals surface area contributed by atoms with Crippen LogP contribution < -0.4 is 5.73 Å². The second kappa shape index (κ2) is 8.32. The Morgan fingerprint density at radius 1 is 1.12 bits per heavy atom. The number of nitriles is 2. The summed E-state index contributed by atoms with van der Waals surface area (Å²) in [5.41, 5.74) is 7.15. The second-order valence-corrected chi connectivity index (χ2v) is 8.12. The lowest BCUT2D eigenvalue weighted by Gasteiger charge is -2.15. The number of nitrogens with zero attached hydrogens (tertiary/aromatic N) is 9. The van der Waals surface area contributed by atoms with Crippen LogP contribution in [0.5, 0.6) is 0 Å². The summed E-state index contributed by atoms with van der Waals surface area (Å²) in [6.07, 6.45) is 0. The van der Waals surface area contributed by atoms with E-state index in [1.807, 2.05) is 57.2 Å². The number of benzene rings is 1. The molecule has 0 aliphatic carbocycles. The summed E-state index contributed by atoms with van der Waals surface area (Å²) in [5, 5.41) is 31.7. The van der Waals surface area contributed by atoms with Crippen LogP contribution >= 0.6 is 0 Å². The first-order valence-electron chi connectivity index (χ1n) is 9.60. The van der Waals surface area contributed by atoms with Gasteiger partial charge in [0.05, 0.1) is 11.4 Å². The molecule has 0 spiro atoms. The number of imidazole rings is 1. The molecule has 3 aromatic rings. The maximum absolute atomic E-state index is 12.6. The first-order valence-corrected chi connectivity index (χ1v) is 9.60. The van der Waals surface area contributed by atoms with Crippen molar-refractivity contribution in [2.75, 3.05) is 19.8 Å². The molecule has 2 aromatic heterocycles. The predicted molar refractivity (Wildman–Crippen MR) is 117 cm³/mol. The van der Waals surface area contributed by atoms with E-state index in [1.54, 1.807) is 10.8 Å². The summed E-state index contributed by atoms with van der Waals surface area (Å²) in [4.78, 5) is 17.9. The van der Waals surface area contributed by atoms with E-state index in [9.17, 15) is 15.3 Å². The number of hydrogen-bond donors (Lipinski definition) is 1. The van der Waals surface area contributed by atoms with Crippen LogP contribution in [0.4, 0.5) is 22.2 Å². The quantitative estimate of drug-likeness (QED) is 0.626. The molecule has 0 aliphatic rings. The van der Waals surface area contributed by atoms with Gasteiger partial charge in [-0.1, -0.05) is 39.0 Å². The molecule has 0 unspecified atom stereocenters. The lowest BCUT2D eigenvalue weighted by atomic mass is 9.91. The number of nitrogens with two attached hydrogens (primary N) is 1. The first kappa shape index (κ1) is 22.2. The van der Waals surface area contributed by atoms with Crippen LogP contribution in [-0.2, 0) is 5.41 Å². The Bertz CT molecular complexity index is 1280. The number of carbonyl (C=O) groups is 1. The Kier molecular flexibility index (Phi) is 5.77. The summed E-state index contributed by atoms with van der Waals surface area (Å²) in [6.45, 7) is 5.88. The van der Waals surface area contributed by atoms with E-state index in [1.165, 1.54) is 19.0 Å². The number of hydrogen-bond acceptors (Lipinski definition) is 8. The molecule has 3 rings (SSSR count). The number of amides is 1. The maximum Gasteiger partial charge on any atom is 0.331 e. The van der Waals surface area contributed by atoms with Gasteiger partial charge in [0.1, 0.15) is 12.1 Å². The number of azo groups is 1. The maximum atomic E-state index is 12.6. The van der Waals surface area contributed by atoms with Gasteiger partial charge in [0.25, 0.3) is 5.95 Å². The van der Waals surface area contributed by atoms with Gasteiger partial charge in [0, 0.05) is 19.5 Å². The molecular formula is C21H22N10O. The van der Waals surface area contributed by atoms with Crippen LogP contribution in [0.3, 0.4) is 0 Å². The molecule has 11 heteroatoms. The molecule has 1 aromatic carbocycles. The van der Waals surface area contributed by atoms with Crippen molar-refractivity contribution in [2.24, 2.45) is 10.2 Å². The third kappa shape index (κ3) is 3.91. The Labute approximate surface area is 185 Å². The SMILES string of the molecule is CN(C)C(=O)n1c(/N=N/c2c(C(C)(C)C)nn(-c3ccccc3)c2N)nc(C#N)c1C#N. The zero-order valence-corrected chi connectivity index (χ0v) is 18.4. The molecule has 0 fully saturated rings. The topological polar surface area (TPSA) is 154 Å². The Morgan fingerprint density at radius 3 is 2.31 bits per heavy atom. The van der Waals surface area contributed by atoms with E-state index in [2.05, 4.69) is 20.3 Å². The minimum atomic E-state index is -0.589. The smallest absolute Gasteiger partial charge is 0.331 e. The molecule has 2 N–H and O–H groups in total. The van der Waals surface area contributed by atoms with Crippen molar-refractivity contribution in [3.8, 4) is 17.8 Å². The Hall–Kier alpha value is -4.51. The van der Waals surface area contributed by atoms with E-state index in [0.29, 0.717) is 11.4 Å². The van der Waals surface area contributed by atoms with Crippen LogP contribution in [-0.4, -0.2) is 44.4 Å². The molecule has 0 saturated heterocycles. The highest BCUT2D eigenvalue weighted by molar-refractivity contribution is 5.81. The minimum absolute atomic E-state index is 0.205. The van der Waals surface area contributed by atoms with Gasteiger partial charge < -0.3 is 10.6 Å². The van der Waals surface area contributed by atoms with Crippen LogP contribution in [0.25, 0.3) is 5.69 Å². The van der Waals surface area contributed by atoms with Gasteiger partial charge in [0.2, 0.25) is 0 Å². The summed E-state index contributed by atoms with van der Waals surface area (Å²) in [5.74, 6) is 0.0476. The van der Waals surface area contributed by atoms with E-state index in [-0.39, 0.29) is 23.2 Å². The normalized spacial score (nSPS) is 11.3. The van der Waals surface area contributed by atoms with Crippen molar-refractivity contribution in [3.63, 3.8) is 0 Å². The minimum Gasteiger partial charge on any atom is -0.382 e. The standard InChI is InChI=1S/C21H22N10O/c1-21(2,3)17-16(18(24)31(28-17)13-9-7-6-8-10-13)26-27-19-25-14(11-22)15(12-23)30(19)20(32)29(4)5/h6-10H,24H2,1-5H3/b27-26+. The van der Waals surface area contributed by atoms with Gasteiger partial charge in [-0.3, -0.25) is 0 Å². The Morgan fingerprint density at radius 2 is 1.78 bits per heavy atom. The van der Waals surface area contributed by atoms with Crippen LogP contribution in [0.2, 0.25) is 0 Å². The first-order chi connectivity index (χ1) is 15.1. The fraction of sp³-hybridized carbons (Fsp3) is 0.286. The van der Waals surface area contributed by atoms with Gasteiger partial charge >= 0.3 is 6.03 Å². The second-order valence-electron chi connectivity index (χ2n) is 8.12. The fourth-order valence-corrected chi connectivity index (χ4v) is 2.93. The highest BCUT2D eigenvalue weighted by Crippen LogP contribution is 2.37. The largest absolute Gasteiger partial charge is 0.382 e. The van der Waals surface area contributed by atoms with E-state index in [4.69, 9.17) is 5.73 Å². The van der Waals surface area contributed by atoms with E-state index in [0.717, 1.165) is 10.3 Å². The molecule has 11 nitrogen and oxygen atoms in total. The molecule has 162 valence electrons. The lowest BCUT2D eigenvalue weighted by Crippen LogP contribution is -2.28. The van der Waals surface area contributed by atoms with Crippen molar-refractivity contribution in [2.45, 2.75) is 26.2 Å². The number of aromatic nitrogens is 4. The van der Waals surface area contributed by atoms with Gasteiger partial charge in [-0.15, -0.1) is 10.2 Å². The van der Waals surface area contributed by atoms with Crippen molar-refractivity contribution in [1.82, 2.24) is 24.2 Å². The highest BCUT2D eigenvalue weighted by Gasteiger charge is 2.28. The van der Waals surface area contributed by atoms with Crippen molar-refractivity contribution < 1.29 is 4.79 Å². The molecular weight excluding hydrogens is 408 g/mol. The van der Waals surface area contributed by atoms with Gasteiger partial charge in [-0.2, -0.15) is 20.6 Å². The lowest BCUT2D eigenvalue weighted by molar-refractivity contribution is 0.219. The summed E-state index contributed by atoms with van der Waals surface area (Å²) in [7, 11) is 3.02. The van der Waals surface area contributed by atoms with Crippen LogP contribution in [0.15, 0.2) is 40.6 Å². The average Bonchev–Trinajstić information content (AvgIpc) is 3.29. The van der Waals surface area contributed by atoms with Gasteiger partial charge in [0.15, 0.2) is 22.9 Å². The van der Waals surface area contributed by atoms with Crippen LogP contribution in [0, 0.1) is 22.7 Å². The van der Waals surface area contributed by atoms with Gasteiger partial charge in [-0.25, -0.2) is 14.0 Å². The predicted octanol–water partition coefficient (Wildman–Crippen LogP) is 3.64. The summed E-state index contributed by atoms with van der Waals surface area (Å²) >= 11 is 0. The number of anilines is 1. The zero-order valence-electron chi connectivity index (χ0n) is 18.4. The van der Waals surface area contributed by atoms with Crippen LogP contribution in [0.1, 0.15) is 37.9 Å². The zero-order chi connectivity index (χ0) is 23.6. The molecule has 0 bridgehead atoms. The molecule has 0 atom stereocenters. The van der Waals surface area contributed by atoms with Crippen molar-refractivity contribution in [1.29, 1.82) is 10.5 Å². The van der Waals surface area contributed by atoms with Gasteiger partial charge in [-0.05, 0) is 12.1 Å². The third-order valence-electron chi connectivity index (χ3n) is 4.49. The number of nitrogen functional groups attached to an aromatic ring is 1. The summed E-state index contributed by atoms with van der Waals surface area (Å²) < 4.78 is 2.50. The third-order valence-corrected chi connectivity index (χ3v) is 4.49. The fourth-order valence-electron chi connectivity index (χ4n) is 2.93. The number of para-hydroxylation sites is 1. The van der Waals surface area contributed by atoms with E-state index >= 15 is 0 Å². The highest BCUT2D eigenvalue weighted by atomic mass is 16.2. The van der Waals surface area contributed by atoms with Crippen molar-refractivity contribution in [3.05, 3.63) is 47.4 Å². The molecule has 2 heterocycles. The monoisotopic (exact) mass is 430 g/mol. The van der Waals surface area contributed by atoms with E-state index < -0.39 is 11.4 Å². The number of carbonyl (C=O) groups excluding carboxylic acids is 1. The molecule has 0 radical (unpaired) electrons. The number of rotatable bonds is 3. The molecule has 1 amide bonds.